The van der Waals surface area contributed by atoms with E-state index in [2.05, 4.69) is 27.6 Å². The average molecular weight is 292 g/mol. The van der Waals surface area contributed by atoms with Gasteiger partial charge in [0.2, 0.25) is 0 Å². The molecule has 0 aliphatic rings. The Morgan fingerprint density at radius 1 is 1.62 bits per heavy atom. The minimum absolute atomic E-state index is 0.0397. The summed E-state index contributed by atoms with van der Waals surface area (Å²) in [5.41, 5.74) is 0.653. The van der Waals surface area contributed by atoms with Crippen molar-refractivity contribution < 1.29 is 4.79 Å². The van der Waals surface area contributed by atoms with E-state index in [9.17, 15) is 4.79 Å². The molecule has 1 aromatic rings. The number of carbonyl (C=O) groups is 1. The van der Waals surface area contributed by atoms with Crippen LogP contribution in [-0.2, 0) is 0 Å². The molecule has 0 unspecified atom stereocenters. The summed E-state index contributed by atoms with van der Waals surface area (Å²) in [7, 11) is 1.81. The maximum absolute atomic E-state index is 11.7. The zero-order valence-electron chi connectivity index (χ0n) is 7.97. The van der Waals surface area contributed by atoms with E-state index in [4.69, 9.17) is 0 Å². The number of hydrogen-bond acceptors (Lipinski definition) is 1. The molecular weight excluding hydrogens is 279 g/mol. The van der Waals surface area contributed by atoms with E-state index in [0.717, 1.165) is 3.57 Å². The highest BCUT2D eigenvalue weighted by atomic mass is 127. The van der Waals surface area contributed by atoms with E-state index in [1.165, 1.54) is 0 Å². The van der Waals surface area contributed by atoms with Gasteiger partial charge in [0.25, 0.3) is 5.91 Å². The minimum Gasteiger partial charge on any atom is -0.356 e. The van der Waals surface area contributed by atoms with Crippen LogP contribution in [-0.4, -0.2) is 28.9 Å². The molecule has 72 valence electrons. The van der Waals surface area contributed by atoms with Crippen molar-refractivity contribution >= 4 is 28.5 Å². The lowest BCUT2D eigenvalue weighted by atomic mass is 10.3. The van der Waals surface area contributed by atoms with E-state index in [1.807, 2.05) is 26.1 Å². The quantitative estimate of drug-likeness (QED) is 0.833. The molecule has 1 N–H and O–H groups in total. The Hall–Kier alpha value is -0.520. The lowest BCUT2D eigenvalue weighted by molar-refractivity contribution is 0.0750. The van der Waals surface area contributed by atoms with Gasteiger partial charge in [-0.25, -0.2) is 0 Å². The number of amides is 1. The molecule has 1 aromatic heterocycles. The second-order valence-electron chi connectivity index (χ2n) is 3.24. The number of hydrogen-bond donors (Lipinski definition) is 1. The molecule has 0 saturated carbocycles. The molecular formula is C9H13IN2O. The van der Waals surface area contributed by atoms with Gasteiger partial charge in [-0.3, -0.25) is 4.79 Å². The lowest BCUT2D eigenvalue weighted by Gasteiger charge is -2.20. The zero-order valence-corrected chi connectivity index (χ0v) is 10.1. The molecule has 0 fully saturated rings. The number of rotatable bonds is 2. The first-order valence-corrected chi connectivity index (χ1v) is 5.21. The zero-order chi connectivity index (χ0) is 10.0. The van der Waals surface area contributed by atoms with Crippen molar-refractivity contribution in [1.29, 1.82) is 0 Å². The fraction of sp³-hybridized carbons (Fsp3) is 0.444. The molecule has 0 saturated heterocycles. The van der Waals surface area contributed by atoms with Gasteiger partial charge in [0.05, 0.1) is 0 Å². The summed E-state index contributed by atoms with van der Waals surface area (Å²) >= 11 is 2.17. The number of aromatic amines is 1. The maximum Gasteiger partial charge on any atom is 0.270 e. The van der Waals surface area contributed by atoms with Gasteiger partial charge >= 0.3 is 0 Å². The highest BCUT2D eigenvalue weighted by Crippen LogP contribution is 2.09. The highest BCUT2D eigenvalue weighted by Gasteiger charge is 2.15. The summed E-state index contributed by atoms with van der Waals surface area (Å²) in [6.07, 6.45) is 1.82. The number of H-pyrrole nitrogens is 1. The molecule has 0 aliphatic carbocycles. The van der Waals surface area contributed by atoms with Crippen molar-refractivity contribution in [2.75, 3.05) is 7.05 Å². The Bertz CT molecular complexity index is 306. The van der Waals surface area contributed by atoms with Crippen molar-refractivity contribution in [2.24, 2.45) is 0 Å². The maximum atomic E-state index is 11.7. The molecule has 4 heteroatoms. The first-order chi connectivity index (χ1) is 6.02. The normalized spacial score (nSPS) is 10.5. The van der Waals surface area contributed by atoms with Gasteiger partial charge in [-0.2, -0.15) is 0 Å². The molecule has 1 amide bonds. The summed E-state index contributed by atoms with van der Waals surface area (Å²) in [6.45, 7) is 3.98. The Balaban J connectivity index is 2.79. The summed E-state index contributed by atoms with van der Waals surface area (Å²) in [5.74, 6) is 0.0397. The number of aromatic nitrogens is 1. The van der Waals surface area contributed by atoms with E-state index >= 15 is 0 Å². The third kappa shape index (κ3) is 2.46. The van der Waals surface area contributed by atoms with Crippen LogP contribution >= 0.6 is 22.6 Å². The Labute approximate surface area is 91.6 Å². The molecule has 0 radical (unpaired) electrons. The molecule has 0 aliphatic heterocycles. The van der Waals surface area contributed by atoms with Gasteiger partial charge in [0.15, 0.2) is 0 Å². The second kappa shape index (κ2) is 4.13. The van der Waals surface area contributed by atoms with Crippen LogP contribution in [0.15, 0.2) is 12.3 Å². The number of nitrogens with zero attached hydrogens (tertiary/aromatic N) is 1. The molecule has 0 spiro atoms. The molecule has 3 nitrogen and oxygen atoms in total. The second-order valence-corrected chi connectivity index (χ2v) is 4.49. The largest absolute Gasteiger partial charge is 0.356 e. The van der Waals surface area contributed by atoms with Gasteiger partial charge in [-0.1, -0.05) is 0 Å². The summed E-state index contributed by atoms with van der Waals surface area (Å²) in [4.78, 5) is 16.3. The molecule has 0 aromatic carbocycles. The standard InChI is InChI=1S/C9H13IN2O/c1-6(2)12(3)9(13)8-4-7(10)5-11-8/h4-6,11H,1-3H3. The van der Waals surface area contributed by atoms with E-state index in [-0.39, 0.29) is 11.9 Å². The molecule has 1 heterocycles. The van der Waals surface area contributed by atoms with E-state index in [1.54, 1.807) is 11.9 Å². The fourth-order valence-electron chi connectivity index (χ4n) is 0.916. The Morgan fingerprint density at radius 2 is 2.23 bits per heavy atom. The number of halogens is 1. The van der Waals surface area contributed by atoms with Gasteiger partial charge in [-0.15, -0.1) is 0 Å². The van der Waals surface area contributed by atoms with Gasteiger partial charge in [0.1, 0.15) is 5.69 Å². The topological polar surface area (TPSA) is 36.1 Å². The minimum atomic E-state index is 0.0397. The van der Waals surface area contributed by atoms with Crippen LogP contribution in [0.4, 0.5) is 0 Å². The average Bonchev–Trinajstić information content (AvgIpc) is 2.49. The molecule has 0 atom stereocenters. The van der Waals surface area contributed by atoms with Gasteiger partial charge in [0, 0.05) is 22.9 Å². The Morgan fingerprint density at radius 3 is 2.62 bits per heavy atom. The van der Waals surface area contributed by atoms with Crippen LogP contribution in [0.25, 0.3) is 0 Å². The molecule has 0 bridgehead atoms. The lowest BCUT2D eigenvalue weighted by Crippen LogP contribution is -2.33. The van der Waals surface area contributed by atoms with Gasteiger partial charge < -0.3 is 9.88 Å². The predicted octanol–water partition coefficient (Wildman–Crippen LogP) is 2.10. The van der Waals surface area contributed by atoms with Crippen LogP contribution in [0.3, 0.4) is 0 Å². The first kappa shape index (κ1) is 10.6. The van der Waals surface area contributed by atoms with Crippen LogP contribution in [0, 0.1) is 3.57 Å². The number of nitrogens with one attached hydrogen (secondary N) is 1. The van der Waals surface area contributed by atoms with Crippen molar-refractivity contribution in [3.63, 3.8) is 0 Å². The van der Waals surface area contributed by atoms with Crippen LogP contribution in [0.1, 0.15) is 24.3 Å². The van der Waals surface area contributed by atoms with Crippen molar-refractivity contribution in [3.8, 4) is 0 Å². The van der Waals surface area contributed by atoms with Crippen LogP contribution in [0.5, 0.6) is 0 Å². The van der Waals surface area contributed by atoms with Crippen molar-refractivity contribution in [1.82, 2.24) is 9.88 Å². The van der Waals surface area contributed by atoms with Crippen LogP contribution < -0.4 is 0 Å². The summed E-state index contributed by atoms with van der Waals surface area (Å²) < 4.78 is 1.05. The monoisotopic (exact) mass is 292 g/mol. The van der Waals surface area contributed by atoms with E-state index < -0.39 is 0 Å². The van der Waals surface area contributed by atoms with Gasteiger partial charge in [-0.05, 0) is 42.5 Å². The smallest absolute Gasteiger partial charge is 0.270 e. The summed E-state index contributed by atoms with van der Waals surface area (Å²) in [5, 5.41) is 0. The third-order valence-corrected chi connectivity index (χ3v) is 2.60. The third-order valence-electron chi connectivity index (χ3n) is 1.97. The predicted molar refractivity (Wildman–Crippen MR) is 60.7 cm³/mol. The molecule has 13 heavy (non-hydrogen) atoms. The van der Waals surface area contributed by atoms with Crippen LogP contribution in [0.2, 0.25) is 0 Å². The SMILES string of the molecule is CC(C)N(C)C(=O)c1cc(I)c[nH]1. The highest BCUT2D eigenvalue weighted by molar-refractivity contribution is 14.1. The van der Waals surface area contributed by atoms with Crippen molar-refractivity contribution in [3.05, 3.63) is 21.5 Å². The van der Waals surface area contributed by atoms with E-state index in [0.29, 0.717) is 5.69 Å². The first-order valence-electron chi connectivity index (χ1n) is 4.13. The number of carbonyl (C=O) groups excluding carboxylic acids is 1. The van der Waals surface area contributed by atoms with Crippen molar-refractivity contribution in [2.45, 2.75) is 19.9 Å². The molecule has 1 rings (SSSR count). The summed E-state index contributed by atoms with van der Waals surface area (Å²) in [6, 6.07) is 2.08. The Kier molecular flexibility index (Phi) is 3.35. The fourth-order valence-corrected chi connectivity index (χ4v) is 1.38.